The summed E-state index contributed by atoms with van der Waals surface area (Å²) in [6, 6.07) is 17.3. The first-order valence-corrected chi connectivity index (χ1v) is 7.51. The number of hydrogen-bond acceptors (Lipinski definition) is 2. The zero-order valence-electron chi connectivity index (χ0n) is 10.5. The first-order chi connectivity index (χ1) is 8.70. The van der Waals surface area contributed by atoms with Crippen LogP contribution in [0.5, 0.6) is 0 Å². The summed E-state index contributed by atoms with van der Waals surface area (Å²) >= 11 is 5.43. The van der Waals surface area contributed by atoms with Crippen LogP contribution in [0.25, 0.3) is 0 Å². The highest BCUT2D eigenvalue weighted by Crippen LogP contribution is 2.34. The minimum atomic E-state index is 0.372. The third-order valence-electron chi connectivity index (χ3n) is 2.86. The summed E-state index contributed by atoms with van der Waals surface area (Å²) in [5.41, 5.74) is 1.29. The molecule has 0 spiro atoms. The van der Waals surface area contributed by atoms with Crippen molar-refractivity contribution in [3.63, 3.8) is 0 Å². The van der Waals surface area contributed by atoms with Gasteiger partial charge in [0.2, 0.25) is 0 Å². The van der Waals surface area contributed by atoms with Crippen molar-refractivity contribution in [2.45, 2.75) is 22.8 Å². The maximum Gasteiger partial charge on any atom is 0.0318 e. The second-order valence-electron chi connectivity index (χ2n) is 4.12. The van der Waals surface area contributed by atoms with E-state index in [1.165, 1.54) is 15.4 Å². The number of halogens is 1. The summed E-state index contributed by atoms with van der Waals surface area (Å²) in [5, 5.41) is 3.25. The van der Waals surface area contributed by atoms with E-state index in [4.69, 9.17) is 0 Å². The quantitative estimate of drug-likeness (QED) is 0.861. The van der Waals surface area contributed by atoms with Crippen molar-refractivity contribution < 1.29 is 0 Å². The molecule has 18 heavy (non-hydrogen) atoms. The zero-order valence-corrected chi connectivity index (χ0v) is 12.9. The molecule has 3 heteroatoms. The fraction of sp³-hybridized carbons (Fsp3) is 0.200. The first kappa shape index (κ1) is 13.7. The Morgan fingerprint density at radius 2 is 1.83 bits per heavy atom. The second kappa shape index (κ2) is 6.41. The van der Waals surface area contributed by atoms with Crippen molar-refractivity contribution in [2.24, 2.45) is 0 Å². The molecule has 2 aromatic carbocycles. The lowest BCUT2D eigenvalue weighted by molar-refractivity contribution is 0.651. The van der Waals surface area contributed by atoms with E-state index in [9.17, 15) is 0 Å². The van der Waals surface area contributed by atoms with Crippen molar-refractivity contribution in [3.05, 3.63) is 58.6 Å². The first-order valence-electron chi connectivity index (χ1n) is 5.90. The monoisotopic (exact) mass is 321 g/mol. The summed E-state index contributed by atoms with van der Waals surface area (Å²) in [4.78, 5) is 2.50. The van der Waals surface area contributed by atoms with Gasteiger partial charge in [0, 0.05) is 20.3 Å². The lowest BCUT2D eigenvalue weighted by Gasteiger charge is -2.12. The Kier molecular flexibility index (Phi) is 4.87. The molecule has 0 aliphatic heterocycles. The van der Waals surface area contributed by atoms with Gasteiger partial charge in [-0.05, 0) is 59.7 Å². The molecule has 1 unspecified atom stereocenters. The van der Waals surface area contributed by atoms with Crippen molar-refractivity contribution in [2.75, 3.05) is 7.05 Å². The molecule has 0 saturated heterocycles. The van der Waals surface area contributed by atoms with Crippen LogP contribution < -0.4 is 5.32 Å². The van der Waals surface area contributed by atoms with E-state index in [1.807, 2.05) is 13.1 Å². The van der Waals surface area contributed by atoms with Gasteiger partial charge in [0.1, 0.15) is 0 Å². The molecule has 0 aliphatic carbocycles. The topological polar surface area (TPSA) is 12.0 Å². The number of hydrogen-bond donors (Lipinski definition) is 1. The van der Waals surface area contributed by atoms with Gasteiger partial charge in [-0.15, -0.1) is 0 Å². The highest BCUT2D eigenvalue weighted by molar-refractivity contribution is 9.10. The van der Waals surface area contributed by atoms with Gasteiger partial charge in [-0.3, -0.25) is 0 Å². The molecule has 0 bridgehead atoms. The molecule has 1 N–H and O–H groups in total. The normalized spacial score (nSPS) is 12.4. The Bertz CT molecular complexity index is 513. The van der Waals surface area contributed by atoms with E-state index in [1.54, 1.807) is 11.8 Å². The fourth-order valence-electron chi connectivity index (χ4n) is 1.65. The molecule has 1 atom stereocenters. The summed E-state index contributed by atoms with van der Waals surface area (Å²) in [7, 11) is 1.98. The smallest absolute Gasteiger partial charge is 0.0318 e. The molecule has 2 rings (SSSR count). The van der Waals surface area contributed by atoms with E-state index in [0.29, 0.717) is 6.04 Å². The van der Waals surface area contributed by atoms with Crippen LogP contribution >= 0.6 is 27.7 Å². The summed E-state index contributed by atoms with van der Waals surface area (Å²) in [6.45, 7) is 2.16. The van der Waals surface area contributed by atoms with E-state index in [2.05, 4.69) is 70.6 Å². The van der Waals surface area contributed by atoms with Crippen LogP contribution in [0, 0.1) is 0 Å². The van der Waals surface area contributed by atoms with E-state index < -0.39 is 0 Å². The lowest BCUT2D eigenvalue weighted by Crippen LogP contribution is -2.12. The van der Waals surface area contributed by atoms with E-state index in [-0.39, 0.29) is 0 Å². The van der Waals surface area contributed by atoms with Crippen LogP contribution in [0.1, 0.15) is 18.5 Å². The van der Waals surface area contributed by atoms with Crippen LogP contribution in [0.4, 0.5) is 0 Å². The zero-order chi connectivity index (χ0) is 13.0. The average molecular weight is 322 g/mol. The predicted octanol–water partition coefficient (Wildman–Crippen LogP) is 4.88. The molecule has 0 saturated carbocycles. The molecule has 1 nitrogen and oxygen atoms in total. The van der Waals surface area contributed by atoms with Gasteiger partial charge in [-0.25, -0.2) is 0 Å². The van der Waals surface area contributed by atoms with Crippen LogP contribution in [0.15, 0.2) is 62.8 Å². The Morgan fingerprint density at radius 1 is 1.11 bits per heavy atom. The maximum absolute atomic E-state index is 3.65. The van der Waals surface area contributed by atoms with E-state index in [0.717, 1.165) is 4.47 Å². The molecule has 0 radical (unpaired) electrons. The largest absolute Gasteiger partial charge is 0.313 e. The van der Waals surface area contributed by atoms with Gasteiger partial charge in [0.05, 0.1) is 0 Å². The van der Waals surface area contributed by atoms with Gasteiger partial charge in [-0.1, -0.05) is 36.0 Å². The van der Waals surface area contributed by atoms with Crippen LogP contribution in [-0.2, 0) is 0 Å². The van der Waals surface area contributed by atoms with Crippen molar-refractivity contribution in [3.8, 4) is 0 Å². The van der Waals surface area contributed by atoms with Crippen molar-refractivity contribution >= 4 is 27.7 Å². The summed E-state index contributed by atoms with van der Waals surface area (Å²) in [6.07, 6.45) is 0. The van der Waals surface area contributed by atoms with Crippen LogP contribution in [-0.4, -0.2) is 7.05 Å². The second-order valence-corrected chi connectivity index (χ2v) is 6.09. The molecular formula is C15H16BrNS. The number of nitrogens with one attached hydrogen (secondary N) is 1. The van der Waals surface area contributed by atoms with Gasteiger partial charge >= 0.3 is 0 Å². The van der Waals surface area contributed by atoms with E-state index >= 15 is 0 Å². The van der Waals surface area contributed by atoms with Gasteiger partial charge < -0.3 is 5.32 Å². The highest BCUT2D eigenvalue weighted by Gasteiger charge is 2.07. The molecule has 0 amide bonds. The Labute approximate surface area is 121 Å². The number of rotatable bonds is 4. The van der Waals surface area contributed by atoms with Gasteiger partial charge in [-0.2, -0.15) is 0 Å². The van der Waals surface area contributed by atoms with Crippen molar-refractivity contribution in [1.82, 2.24) is 5.32 Å². The Balaban J connectivity index is 2.20. The Hall–Kier alpha value is -0.770. The molecule has 0 aliphatic rings. The summed E-state index contributed by atoms with van der Waals surface area (Å²) < 4.78 is 1.15. The minimum absolute atomic E-state index is 0.372. The van der Waals surface area contributed by atoms with Crippen molar-refractivity contribution in [1.29, 1.82) is 0 Å². The fourth-order valence-corrected chi connectivity index (χ4v) is 3.13. The molecule has 0 aromatic heterocycles. The summed E-state index contributed by atoms with van der Waals surface area (Å²) in [5.74, 6) is 0. The molecule has 94 valence electrons. The highest BCUT2D eigenvalue weighted by atomic mass is 79.9. The minimum Gasteiger partial charge on any atom is -0.313 e. The number of benzene rings is 2. The SMILES string of the molecule is CNC(C)c1ccc(Sc2ccccc2)c(Br)c1. The lowest BCUT2D eigenvalue weighted by atomic mass is 10.1. The Morgan fingerprint density at radius 3 is 2.44 bits per heavy atom. The maximum atomic E-state index is 3.65. The van der Waals surface area contributed by atoms with Crippen LogP contribution in [0.2, 0.25) is 0 Å². The third-order valence-corrected chi connectivity index (χ3v) is 4.86. The molecular weight excluding hydrogens is 306 g/mol. The molecule has 2 aromatic rings. The predicted molar refractivity (Wildman–Crippen MR) is 82.2 cm³/mol. The van der Waals surface area contributed by atoms with Crippen LogP contribution in [0.3, 0.4) is 0 Å². The van der Waals surface area contributed by atoms with Gasteiger partial charge in [0.25, 0.3) is 0 Å². The standard InChI is InChI=1S/C15H16BrNS/c1-11(17-2)12-8-9-15(14(16)10-12)18-13-6-4-3-5-7-13/h3-11,17H,1-2H3. The third kappa shape index (κ3) is 3.37. The molecule has 0 fully saturated rings. The molecule has 0 heterocycles. The average Bonchev–Trinajstić information content (AvgIpc) is 2.41. The van der Waals surface area contributed by atoms with Gasteiger partial charge in [0.15, 0.2) is 0 Å².